The lowest BCUT2D eigenvalue weighted by Gasteiger charge is -2.31. The molecule has 0 aromatic heterocycles. The Morgan fingerprint density at radius 3 is 1.98 bits per heavy atom. The maximum atomic E-state index is 2.42. The first-order valence-corrected chi connectivity index (χ1v) is 17.8. The summed E-state index contributed by atoms with van der Waals surface area (Å²) < 4.78 is 0. The van der Waals surface area contributed by atoms with Gasteiger partial charge in [0, 0.05) is 28.4 Å². The third kappa shape index (κ3) is 4.33. The van der Waals surface area contributed by atoms with Crippen LogP contribution in [0.1, 0.15) is 47.6 Å². The van der Waals surface area contributed by atoms with E-state index in [4.69, 9.17) is 0 Å². The molecule has 0 N–H and O–H groups in total. The quantitative estimate of drug-likeness (QED) is 0.181. The summed E-state index contributed by atoms with van der Waals surface area (Å²) in [6.07, 6.45) is 0.936. The lowest BCUT2D eigenvalue weighted by atomic mass is 9.73. The second-order valence-electron chi connectivity index (χ2n) is 14.5. The Morgan fingerprint density at radius 1 is 0.480 bits per heavy atom. The van der Waals surface area contributed by atoms with E-state index in [9.17, 15) is 0 Å². The fraction of sp³-hybridized carbons (Fsp3) is 0.102. The molecule has 8 aromatic carbocycles. The Bertz CT molecular complexity index is 2590. The summed E-state index contributed by atoms with van der Waals surface area (Å²) in [5.74, 6) is 0.256. The number of anilines is 3. The first-order valence-electron chi connectivity index (χ1n) is 17.8. The summed E-state index contributed by atoms with van der Waals surface area (Å²) in [6, 6.07) is 63.2. The van der Waals surface area contributed by atoms with Gasteiger partial charge >= 0.3 is 0 Å². The molecule has 50 heavy (non-hydrogen) atoms. The highest BCUT2D eigenvalue weighted by Crippen LogP contribution is 2.51. The summed E-state index contributed by atoms with van der Waals surface area (Å²) in [7, 11) is 0. The van der Waals surface area contributed by atoms with Gasteiger partial charge in [0.2, 0.25) is 0 Å². The average Bonchev–Trinajstić information content (AvgIpc) is 3.39. The molecule has 10 rings (SSSR count). The van der Waals surface area contributed by atoms with Crippen molar-refractivity contribution in [1.29, 1.82) is 0 Å². The van der Waals surface area contributed by atoms with Gasteiger partial charge in [-0.2, -0.15) is 0 Å². The Balaban J connectivity index is 1.07. The fourth-order valence-electron chi connectivity index (χ4n) is 9.03. The zero-order valence-corrected chi connectivity index (χ0v) is 28.4. The molecule has 0 amide bonds. The highest BCUT2D eigenvalue weighted by atomic mass is 15.1. The summed E-state index contributed by atoms with van der Waals surface area (Å²) in [4.78, 5) is 2.41. The van der Waals surface area contributed by atoms with Gasteiger partial charge in [0.15, 0.2) is 0 Å². The Hall–Kier alpha value is -5.92. The number of hydrogen-bond donors (Lipinski definition) is 0. The van der Waals surface area contributed by atoms with E-state index < -0.39 is 0 Å². The number of fused-ring (bicyclic) bond motifs is 7. The molecule has 1 nitrogen and oxygen atoms in total. The molecule has 2 aliphatic rings. The predicted octanol–water partition coefficient (Wildman–Crippen LogP) is 13.1. The van der Waals surface area contributed by atoms with E-state index in [1.54, 1.807) is 0 Å². The molecule has 1 heteroatoms. The average molecular weight is 640 g/mol. The summed E-state index contributed by atoms with van der Waals surface area (Å²) in [6.45, 7) is 4.71. The maximum absolute atomic E-state index is 2.42. The highest BCUT2D eigenvalue weighted by molar-refractivity contribution is 6.06. The minimum atomic E-state index is -0.0594. The van der Waals surface area contributed by atoms with Crippen LogP contribution < -0.4 is 4.90 Å². The first kappa shape index (κ1) is 29.0. The normalized spacial score (nSPS) is 15.0. The van der Waals surface area contributed by atoms with Crippen LogP contribution >= 0.6 is 0 Å². The van der Waals surface area contributed by atoms with Crippen molar-refractivity contribution in [3.63, 3.8) is 0 Å². The third-order valence-corrected chi connectivity index (χ3v) is 11.4. The molecule has 0 saturated carbocycles. The highest BCUT2D eigenvalue weighted by Gasteiger charge is 2.36. The van der Waals surface area contributed by atoms with Gasteiger partial charge in [0.1, 0.15) is 0 Å². The van der Waals surface area contributed by atoms with Crippen molar-refractivity contribution in [2.75, 3.05) is 4.90 Å². The molecule has 0 bridgehead atoms. The van der Waals surface area contributed by atoms with Crippen molar-refractivity contribution in [1.82, 2.24) is 0 Å². The lowest BCUT2D eigenvalue weighted by Crippen LogP contribution is -2.16. The van der Waals surface area contributed by atoms with E-state index in [1.165, 1.54) is 77.3 Å². The van der Waals surface area contributed by atoms with Gasteiger partial charge in [0.05, 0.1) is 0 Å². The molecular weight excluding hydrogens is 603 g/mol. The monoisotopic (exact) mass is 639 g/mol. The Kier molecular flexibility index (Phi) is 6.42. The Morgan fingerprint density at radius 2 is 1.12 bits per heavy atom. The van der Waals surface area contributed by atoms with E-state index in [1.807, 2.05) is 0 Å². The van der Waals surface area contributed by atoms with Crippen LogP contribution in [0.3, 0.4) is 0 Å². The molecule has 0 saturated heterocycles. The van der Waals surface area contributed by atoms with Gasteiger partial charge < -0.3 is 4.90 Å². The van der Waals surface area contributed by atoms with E-state index in [2.05, 4.69) is 189 Å². The number of nitrogens with zero attached hydrogens (tertiary/aromatic N) is 1. The zero-order valence-electron chi connectivity index (χ0n) is 28.4. The standard InChI is InChI=1S/C49H37N/c1-49(2)45-21-9-8-18-39(45)40-29-27-37(31-46(40)49)50(35-15-4-3-5-16-35)36-25-22-32(23-26-36)30-44-42-20-11-14-34-13-10-19-41(47(34)42)43-28-24-33-12-6-7-17-38(33)48(43)44/h3-29,31,44H,30H2,1-2H3. The van der Waals surface area contributed by atoms with Crippen LogP contribution in [0.15, 0.2) is 170 Å². The van der Waals surface area contributed by atoms with Gasteiger partial charge in [-0.1, -0.05) is 147 Å². The molecule has 1 unspecified atom stereocenters. The summed E-state index contributed by atoms with van der Waals surface area (Å²) in [5.41, 5.74) is 15.9. The van der Waals surface area contributed by atoms with Gasteiger partial charge in [-0.15, -0.1) is 0 Å². The minimum Gasteiger partial charge on any atom is -0.310 e. The van der Waals surface area contributed by atoms with Gasteiger partial charge in [-0.05, 0) is 114 Å². The van der Waals surface area contributed by atoms with Crippen LogP contribution in [0.4, 0.5) is 17.1 Å². The molecule has 2 aliphatic carbocycles. The van der Waals surface area contributed by atoms with Crippen LogP contribution in [0.5, 0.6) is 0 Å². The summed E-state index contributed by atoms with van der Waals surface area (Å²) >= 11 is 0. The van der Waals surface area contributed by atoms with Gasteiger partial charge in [-0.3, -0.25) is 0 Å². The van der Waals surface area contributed by atoms with Crippen LogP contribution in [0, 0.1) is 0 Å². The van der Waals surface area contributed by atoms with Crippen LogP contribution in [0.25, 0.3) is 43.8 Å². The minimum absolute atomic E-state index is 0.0594. The molecule has 0 spiro atoms. The van der Waals surface area contributed by atoms with Crippen molar-refractivity contribution >= 4 is 38.6 Å². The molecule has 0 radical (unpaired) electrons. The van der Waals surface area contributed by atoms with Crippen molar-refractivity contribution in [2.24, 2.45) is 0 Å². The fourth-order valence-corrected chi connectivity index (χ4v) is 9.03. The molecule has 0 fully saturated rings. The van der Waals surface area contributed by atoms with E-state index in [0.29, 0.717) is 0 Å². The van der Waals surface area contributed by atoms with E-state index >= 15 is 0 Å². The second-order valence-corrected chi connectivity index (χ2v) is 14.5. The first-order chi connectivity index (χ1) is 24.6. The Labute approximate surface area is 294 Å². The molecular formula is C49H37N. The molecule has 238 valence electrons. The largest absolute Gasteiger partial charge is 0.310 e. The smallest absolute Gasteiger partial charge is 0.0465 e. The van der Waals surface area contributed by atoms with Crippen LogP contribution in [-0.4, -0.2) is 0 Å². The number of rotatable bonds is 5. The third-order valence-electron chi connectivity index (χ3n) is 11.4. The summed E-state index contributed by atoms with van der Waals surface area (Å²) in [5, 5.41) is 5.38. The second kappa shape index (κ2) is 11.1. The SMILES string of the molecule is CC1(C)c2ccccc2-c2ccc(N(c3ccccc3)c3ccc(CC4c5c(ccc6ccccc56)-c5cccc6cccc4c56)cc3)cc21. The lowest BCUT2D eigenvalue weighted by molar-refractivity contribution is 0.660. The van der Waals surface area contributed by atoms with Crippen LogP contribution in [0.2, 0.25) is 0 Å². The van der Waals surface area contributed by atoms with Crippen LogP contribution in [-0.2, 0) is 11.8 Å². The maximum Gasteiger partial charge on any atom is 0.0465 e. The number of hydrogen-bond acceptors (Lipinski definition) is 1. The number of benzene rings is 8. The van der Waals surface area contributed by atoms with Gasteiger partial charge in [0.25, 0.3) is 0 Å². The predicted molar refractivity (Wildman–Crippen MR) is 211 cm³/mol. The molecule has 1 atom stereocenters. The van der Waals surface area contributed by atoms with Gasteiger partial charge in [-0.25, -0.2) is 0 Å². The topological polar surface area (TPSA) is 3.24 Å². The molecule has 0 aliphatic heterocycles. The zero-order chi connectivity index (χ0) is 33.4. The van der Waals surface area contributed by atoms with E-state index in [-0.39, 0.29) is 11.3 Å². The molecule has 0 heterocycles. The number of para-hydroxylation sites is 1. The molecule has 8 aromatic rings. The van der Waals surface area contributed by atoms with E-state index in [0.717, 1.165) is 17.8 Å². The van der Waals surface area contributed by atoms with Crippen molar-refractivity contribution in [3.8, 4) is 22.3 Å². The van der Waals surface area contributed by atoms with Crippen molar-refractivity contribution < 1.29 is 0 Å². The van der Waals surface area contributed by atoms with Crippen molar-refractivity contribution in [3.05, 3.63) is 198 Å². The van der Waals surface area contributed by atoms with Crippen molar-refractivity contribution in [2.45, 2.75) is 31.6 Å².